The van der Waals surface area contributed by atoms with E-state index >= 15 is 0 Å². The molecule has 1 aromatic heterocycles. The van der Waals surface area contributed by atoms with E-state index in [0.717, 1.165) is 22.4 Å². The number of carbonyl (C=O) groups is 1. The molecule has 4 heteroatoms. The molecule has 0 bridgehead atoms. The summed E-state index contributed by atoms with van der Waals surface area (Å²) < 4.78 is 0. The number of carboxylic acid groups (broad SMARTS) is 1. The second-order valence-corrected chi connectivity index (χ2v) is 7.26. The lowest BCUT2D eigenvalue weighted by molar-refractivity contribution is 0.0699. The van der Waals surface area contributed by atoms with Gasteiger partial charge in [-0.15, -0.1) is 11.3 Å². The highest BCUT2D eigenvalue weighted by Crippen LogP contribution is 2.39. The van der Waals surface area contributed by atoms with Crippen molar-refractivity contribution in [1.82, 2.24) is 0 Å². The molecule has 2 aromatic rings. The summed E-state index contributed by atoms with van der Waals surface area (Å²) in [5.74, 6) is -0.960. The molecule has 0 fully saturated rings. The zero-order valence-electron chi connectivity index (χ0n) is 12.9. The van der Waals surface area contributed by atoms with Crippen LogP contribution in [0.15, 0.2) is 24.3 Å². The first-order chi connectivity index (χ1) is 9.75. The number of hydrogen-bond acceptors (Lipinski definition) is 3. The molecule has 0 saturated carbocycles. The van der Waals surface area contributed by atoms with Crippen molar-refractivity contribution in [3.63, 3.8) is 0 Å². The van der Waals surface area contributed by atoms with E-state index in [0.29, 0.717) is 5.00 Å². The zero-order chi connectivity index (χ0) is 15.8. The van der Waals surface area contributed by atoms with Crippen LogP contribution in [0.2, 0.25) is 0 Å². The summed E-state index contributed by atoms with van der Waals surface area (Å²) in [7, 11) is 0. The van der Waals surface area contributed by atoms with E-state index in [9.17, 15) is 9.90 Å². The molecule has 112 valence electrons. The topological polar surface area (TPSA) is 63.3 Å². The van der Waals surface area contributed by atoms with Crippen LogP contribution < -0.4 is 5.73 Å². The van der Waals surface area contributed by atoms with Gasteiger partial charge in [-0.1, -0.05) is 52.0 Å². The molecule has 21 heavy (non-hydrogen) atoms. The van der Waals surface area contributed by atoms with Crippen molar-refractivity contribution < 1.29 is 9.90 Å². The zero-order valence-corrected chi connectivity index (χ0v) is 13.7. The van der Waals surface area contributed by atoms with Crippen molar-refractivity contribution >= 4 is 22.3 Å². The van der Waals surface area contributed by atoms with E-state index in [2.05, 4.69) is 32.9 Å². The van der Waals surface area contributed by atoms with Crippen LogP contribution in [-0.2, 0) is 11.8 Å². The quantitative estimate of drug-likeness (QED) is 0.874. The highest BCUT2D eigenvalue weighted by atomic mass is 32.1. The van der Waals surface area contributed by atoms with Gasteiger partial charge in [0.1, 0.15) is 10.6 Å². The maximum atomic E-state index is 11.5. The Morgan fingerprint density at radius 1 is 1.24 bits per heavy atom. The average molecular weight is 303 g/mol. The maximum absolute atomic E-state index is 11.5. The molecule has 1 heterocycles. The van der Waals surface area contributed by atoms with Crippen LogP contribution in [0.1, 0.15) is 48.5 Å². The van der Waals surface area contributed by atoms with Crippen molar-refractivity contribution in [2.45, 2.75) is 39.5 Å². The van der Waals surface area contributed by atoms with Gasteiger partial charge in [0, 0.05) is 10.4 Å². The molecule has 0 aliphatic heterocycles. The number of benzene rings is 1. The lowest BCUT2D eigenvalue weighted by Gasteiger charge is -2.19. The molecule has 3 N–H and O–H groups in total. The molecule has 0 aliphatic rings. The van der Waals surface area contributed by atoms with E-state index in [-0.39, 0.29) is 11.0 Å². The Bertz CT molecular complexity index is 663. The number of aromatic carboxylic acids is 1. The van der Waals surface area contributed by atoms with Crippen LogP contribution in [0.3, 0.4) is 0 Å². The molecule has 0 unspecified atom stereocenters. The fourth-order valence-electron chi connectivity index (χ4n) is 2.40. The molecule has 2 rings (SSSR count). The van der Waals surface area contributed by atoms with Gasteiger partial charge in [0.25, 0.3) is 0 Å². The van der Waals surface area contributed by atoms with Gasteiger partial charge in [-0.25, -0.2) is 4.79 Å². The Morgan fingerprint density at radius 2 is 1.81 bits per heavy atom. The third kappa shape index (κ3) is 2.95. The van der Waals surface area contributed by atoms with Crippen molar-refractivity contribution in [3.05, 3.63) is 40.3 Å². The van der Waals surface area contributed by atoms with Gasteiger partial charge in [-0.05, 0) is 23.0 Å². The maximum Gasteiger partial charge on any atom is 0.339 e. The number of anilines is 1. The molecule has 0 saturated heterocycles. The third-order valence-electron chi connectivity index (χ3n) is 3.58. The Balaban J connectivity index is 2.58. The Labute approximate surface area is 129 Å². The van der Waals surface area contributed by atoms with Crippen LogP contribution >= 0.6 is 11.3 Å². The predicted molar refractivity (Wildman–Crippen MR) is 89.2 cm³/mol. The van der Waals surface area contributed by atoms with Crippen molar-refractivity contribution in [1.29, 1.82) is 0 Å². The van der Waals surface area contributed by atoms with Crippen molar-refractivity contribution in [2.75, 3.05) is 5.73 Å². The molecule has 1 aromatic carbocycles. The molecular weight excluding hydrogens is 282 g/mol. The molecule has 0 spiro atoms. The molecule has 0 radical (unpaired) electrons. The van der Waals surface area contributed by atoms with E-state index in [1.54, 1.807) is 0 Å². The van der Waals surface area contributed by atoms with Gasteiger partial charge in [0.05, 0.1) is 0 Å². The van der Waals surface area contributed by atoms with Crippen molar-refractivity contribution in [3.8, 4) is 11.1 Å². The SMILES string of the molecule is CCc1sc(N)c(C(=O)O)c1-c1ccc(C(C)(C)C)cc1. The number of rotatable bonds is 3. The molecule has 3 nitrogen and oxygen atoms in total. The normalized spacial score (nSPS) is 11.6. The first kappa shape index (κ1) is 15.6. The summed E-state index contributed by atoms with van der Waals surface area (Å²) in [6.45, 7) is 8.49. The Kier molecular flexibility index (Phi) is 4.10. The highest BCUT2D eigenvalue weighted by molar-refractivity contribution is 7.17. The Morgan fingerprint density at radius 3 is 2.24 bits per heavy atom. The number of aryl methyl sites for hydroxylation is 1. The van der Waals surface area contributed by atoms with E-state index in [4.69, 9.17) is 5.73 Å². The molecule has 0 atom stereocenters. The van der Waals surface area contributed by atoms with Gasteiger partial charge in [-0.3, -0.25) is 0 Å². The minimum absolute atomic E-state index is 0.0788. The fourth-order valence-corrected chi connectivity index (χ4v) is 3.42. The molecule has 0 aliphatic carbocycles. The minimum atomic E-state index is -0.960. The summed E-state index contributed by atoms with van der Waals surface area (Å²) >= 11 is 1.37. The summed E-state index contributed by atoms with van der Waals surface area (Å²) in [5.41, 5.74) is 9.13. The first-order valence-corrected chi connectivity index (χ1v) is 7.82. The second-order valence-electron chi connectivity index (χ2n) is 6.13. The monoisotopic (exact) mass is 303 g/mol. The van der Waals surface area contributed by atoms with Crippen molar-refractivity contribution in [2.24, 2.45) is 0 Å². The van der Waals surface area contributed by atoms with Gasteiger partial charge < -0.3 is 10.8 Å². The number of hydrogen-bond donors (Lipinski definition) is 2. The van der Waals surface area contributed by atoms with E-state index < -0.39 is 5.97 Å². The molecule has 0 amide bonds. The number of thiophene rings is 1. The van der Waals surface area contributed by atoms with E-state index in [1.807, 2.05) is 19.1 Å². The van der Waals surface area contributed by atoms with Gasteiger partial charge in [0.15, 0.2) is 0 Å². The standard InChI is InChI=1S/C17H21NO2S/c1-5-12-13(14(16(19)20)15(18)21-12)10-6-8-11(9-7-10)17(2,3)4/h6-9H,5,18H2,1-4H3,(H,19,20). The molecular formula is C17H21NO2S. The van der Waals surface area contributed by atoms with Gasteiger partial charge in [-0.2, -0.15) is 0 Å². The first-order valence-electron chi connectivity index (χ1n) is 7.01. The predicted octanol–water partition coefficient (Wildman–Crippen LogP) is 4.56. The van der Waals surface area contributed by atoms with Crippen LogP contribution in [0.25, 0.3) is 11.1 Å². The Hall–Kier alpha value is -1.81. The number of carboxylic acids is 1. The second kappa shape index (κ2) is 5.53. The number of nitrogen functional groups attached to an aromatic ring is 1. The summed E-state index contributed by atoms with van der Waals surface area (Å²) in [4.78, 5) is 12.5. The lowest BCUT2D eigenvalue weighted by atomic mass is 9.86. The van der Waals surface area contributed by atoms with Gasteiger partial charge in [0.2, 0.25) is 0 Å². The van der Waals surface area contributed by atoms with E-state index in [1.165, 1.54) is 16.9 Å². The number of nitrogens with two attached hydrogens (primary N) is 1. The largest absolute Gasteiger partial charge is 0.478 e. The van der Waals surface area contributed by atoms with Crippen LogP contribution in [0.5, 0.6) is 0 Å². The summed E-state index contributed by atoms with van der Waals surface area (Å²) in [5, 5.41) is 9.81. The summed E-state index contributed by atoms with van der Waals surface area (Å²) in [6.07, 6.45) is 0.776. The highest BCUT2D eigenvalue weighted by Gasteiger charge is 2.22. The third-order valence-corrected chi connectivity index (χ3v) is 4.75. The minimum Gasteiger partial charge on any atom is -0.478 e. The van der Waals surface area contributed by atoms with Crippen LogP contribution in [-0.4, -0.2) is 11.1 Å². The van der Waals surface area contributed by atoms with Crippen LogP contribution in [0, 0.1) is 0 Å². The van der Waals surface area contributed by atoms with Crippen LogP contribution in [0.4, 0.5) is 5.00 Å². The smallest absolute Gasteiger partial charge is 0.339 e. The fraction of sp³-hybridized carbons (Fsp3) is 0.353. The lowest BCUT2D eigenvalue weighted by Crippen LogP contribution is -2.10. The summed E-state index contributed by atoms with van der Waals surface area (Å²) in [6, 6.07) is 8.11. The van der Waals surface area contributed by atoms with Gasteiger partial charge >= 0.3 is 5.97 Å². The average Bonchev–Trinajstić information content (AvgIpc) is 2.74.